The molecule has 5 nitrogen and oxygen atoms in total. The summed E-state index contributed by atoms with van der Waals surface area (Å²) in [6.07, 6.45) is 3.74. The van der Waals surface area contributed by atoms with E-state index >= 15 is 0 Å². The van der Waals surface area contributed by atoms with Crippen molar-refractivity contribution in [3.8, 4) is 27.6 Å². The van der Waals surface area contributed by atoms with E-state index < -0.39 is 0 Å². The maximum absolute atomic E-state index is 13.0. The molecule has 4 heterocycles. The van der Waals surface area contributed by atoms with Crippen molar-refractivity contribution in [2.45, 2.75) is 6.42 Å². The smallest absolute Gasteiger partial charge is 0.278 e. The minimum atomic E-state index is -0.151. The Balaban J connectivity index is 1.74. The fourth-order valence-corrected chi connectivity index (χ4v) is 4.23. The van der Waals surface area contributed by atoms with Crippen molar-refractivity contribution >= 4 is 22.9 Å². The number of hydrogen-bond donors (Lipinski definition) is 1. The van der Waals surface area contributed by atoms with Crippen LogP contribution in [0.1, 0.15) is 11.5 Å². The van der Waals surface area contributed by atoms with Gasteiger partial charge in [0.05, 0.1) is 27.6 Å². The summed E-state index contributed by atoms with van der Waals surface area (Å²) < 4.78 is 7.66. The molecule has 0 bridgehead atoms. The van der Waals surface area contributed by atoms with Gasteiger partial charge in [0.2, 0.25) is 0 Å². The Labute approximate surface area is 169 Å². The van der Waals surface area contributed by atoms with Crippen LogP contribution in [0.4, 0.5) is 0 Å². The topological polar surface area (TPSA) is 63.8 Å². The standard InChI is InChI=1S/C21H14ClN3O2S/c22-18-9-8-17(28-18)19-20-24-15(11-14-7-4-10-27-14)21(26)25(20)12-16(23-19)13-5-2-1-3-6-13/h1-10,12,23H,11H2. The third kappa shape index (κ3) is 2.96. The van der Waals surface area contributed by atoms with Crippen molar-refractivity contribution in [2.75, 3.05) is 0 Å². The molecule has 0 saturated carbocycles. The van der Waals surface area contributed by atoms with E-state index in [-0.39, 0.29) is 5.56 Å². The summed E-state index contributed by atoms with van der Waals surface area (Å²) >= 11 is 7.59. The average molecular weight is 408 g/mol. The van der Waals surface area contributed by atoms with E-state index in [0.717, 1.165) is 21.8 Å². The number of benzene rings is 1. The summed E-state index contributed by atoms with van der Waals surface area (Å²) in [5, 5.41) is 0. The fourth-order valence-electron chi connectivity index (χ4n) is 3.19. The second-order valence-electron chi connectivity index (χ2n) is 6.33. The molecule has 7 heteroatoms. The Morgan fingerprint density at radius 1 is 1.11 bits per heavy atom. The van der Waals surface area contributed by atoms with Crippen LogP contribution >= 0.6 is 22.9 Å². The van der Waals surface area contributed by atoms with Gasteiger partial charge < -0.3 is 9.40 Å². The molecule has 2 aromatic heterocycles. The highest BCUT2D eigenvalue weighted by Crippen LogP contribution is 2.34. The normalized spacial score (nSPS) is 11.3. The van der Waals surface area contributed by atoms with Gasteiger partial charge in [-0.05, 0) is 29.8 Å². The summed E-state index contributed by atoms with van der Waals surface area (Å²) in [6, 6.07) is 17.3. The first-order valence-corrected chi connectivity index (χ1v) is 9.86. The van der Waals surface area contributed by atoms with Crippen molar-refractivity contribution in [3.63, 3.8) is 0 Å². The van der Waals surface area contributed by atoms with Gasteiger partial charge in [0.25, 0.3) is 5.56 Å². The number of aromatic amines is 1. The van der Waals surface area contributed by atoms with Crippen LogP contribution in [0.2, 0.25) is 4.34 Å². The van der Waals surface area contributed by atoms with Gasteiger partial charge in [-0.3, -0.25) is 9.36 Å². The van der Waals surface area contributed by atoms with Gasteiger partial charge in [-0.2, -0.15) is 0 Å². The molecule has 1 aromatic carbocycles. The largest absolute Gasteiger partial charge is 0.469 e. The number of thiophene rings is 1. The zero-order chi connectivity index (χ0) is 19.1. The molecule has 3 aromatic rings. The van der Waals surface area contributed by atoms with Crippen LogP contribution in [-0.2, 0) is 6.42 Å². The molecule has 0 unspecified atom stereocenters. The lowest BCUT2D eigenvalue weighted by Crippen LogP contribution is -2.16. The number of fused-ring (bicyclic) bond motifs is 1. The Bertz CT molecular complexity index is 1270. The fraction of sp³-hybridized carbons (Fsp3) is 0.0476. The SMILES string of the molecule is O=c1c(Cc2ccco2)nc2c(-c3ccc(Cl)s3)[nH]c(-c3ccccc3)cn1-2. The van der Waals surface area contributed by atoms with E-state index in [1.54, 1.807) is 23.1 Å². The van der Waals surface area contributed by atoms with Gasteiger partial charge in [0, 0.05) is 6.20 Å². The Morgan fingerprint density at radius 2 is 1.96 bits per heavy atom. The zero-order valence-electron chi connectivity index (χ0n) is 14.6. The molecule has 2 aliphatic heterocycles. The molecule has 0 fully saturated rings. The molecule has 1 N–H and O–H groups in total. The zero-order valence-corrected chi connectivity index (χ0v) is 16.1. The molecule has 138 valence electrons. The third-order valence-electron chi connectivity index (χ3n) is 4.50. The summed E-state index contributed by atoms with van der Waals surface area (Å²) in [5.74, 6) is 1.28. The predicted molar refractivity (Wildman–Crippen MR) is 111 cm³/mol. The van der Waals surface area contributed by atoms with Gasteiger partial charge in [-0.1, -0.05) is 41.9 Å². The number of nitrogens with one attached hydrogen (secondary N) is 1. The lowest BCUT2D eigenvalue weighted by molar-refractivity contribution is 0.519. The molecule has 5 rings (SSSR count). The van der Waals surface area contributed by atoms with Gasteiger partial charge >= 0.3 is 0 Å². The number of aromatic nitrogens is 3. The van der Waals surface area contributed by atoms with Gasteiger partial charge in [0.15, 0.2) is 5.82 Å². The van der Waals surface area contributed by atoms with Crippen molar-refractivity contribution in [1.82, 2.24) is 14.5 Å². The molecule has 2 aliphatic rings. The first kappa shape index (κ1) is 17.0. The van der Waals surface area contributed by atoms with E-state index in [2.05, 4.69) is 9.97 Å². The van der Waals surface area contributed by atoms with Gasteiger partial charge in [0.1, 0.15) is 17.1 Å². The Hall–Kier alpha value is -3.09. The summed E-state index contributed by atoms with van der Waals surface area (Å²) in [5.41, 5.74) is 2.86. The van der Waals surface area contributed by atoms with E-state index in [0.29, 0.717) is 28.0 Å². The number of furan rings is 1. The van der Waals surface area contributed by atoms with Crippen LogP contribution in [-0.4, -0.2) is 14.5 Å². The third-order valence-corrected chi connectivity index (χ3v) is 5.75. The van der Waals surface area contributed by atoms with E-state index in [1.807, 2.05) is 48.5 Å². The monoisotopic (exact) mass is 407 g/mol. The second-order valence-corrected chi connectivity index (χ2v) is 8.04. The highest BCUT2D eigenvalue weighted by Gasteiger charge is 2.22. The number of nitrogens with zero attached hydrogens (tertiary/aromatic N) is 2. The number of imidazole rings is 1. The predicted octanol–water partition coefficient (Wildman–Crippen LogP) is 5.23. The van der Waals surface area contributed by atoms with Crippen LogP contribution in [0.15, 0.2) is 76.3 Å². The van der Waals surface area contributed by atoms with Gasteiger partial charge in [-0.25, -0.2) is 4.98 Å². The van der Waals surface area contributed by atoms with Crippen LogP contribution in [0.3, 0.4) is 0 Å². The first-order chi connectivity index (χ1) is 13.7. The average Bonchev–Trinajstić information content (AvgIpc) is 3.45. The molecule has 0 radical (unpaired) electrons. The Morgan fingerprint density at radius 3 is 2.68 bits per heavy atom. The second kappa shape index (κ2) is 6.82. The van der Waals surface area contributed by atoms with Crippen molar-refractivity contribution in [3.05, 3.63) is 93.2 Å². The van der Waals surface area contributed by atoms with Gasteiger partial charge in [-0.15, -0.1) is 11.3 Å². The molecule has 0 saturated heterocycles. The highest BCUT2D eigenvalue weighted by molar-refractivity contribution is 7.19. The quantitative estimate of drug-likeness (QED) is 0.443. The van der Waals surface area contributed by atoms with Crippen LogP contribution in [0, 0.1) is 0 Å². The van der Waals surface area contributed by atoms with E-state index in [4.69, 9.17) is 16.0 Å². The lowest BCUT2D eigenvalue weighted by atomic mass is 10.1. The highest BCUT2D eigenvalue weighted by atomic mass is 35.5. The van der Waals surface area contributed by atoms with Crippen molar-refractivity contribution < 1.29 is 4.42 Å². The first-order valence-electron chi connectivity index (χ1n) is 8.67. The minimum Gasteiger partial charge on any atom is -0.469 e. The molecule has 0 amide bonds. The van der Waals surface area contributed by atoms with E-state index in [9.17, 15) is 4.79 Å². The molecular weight excluding hydrogens is 394 g/mol. The van der Waals surface area contributed by atoms with Crippen LogP contribution in [0.25, 0.3) is 27.6 Å². The van der Waals surface area contributed by atoms with Crippen molar-refractivity contribution in [1.29, 1.82) is 0 Å². The summed E-state index contributed by atoms with van der Waals surface area (Å²) in [7, 11) is 0. The summed E-state index contributed by atoms with van der Waals surface area (Å²) in [6.45, 7) is 0. The lowest BCUT2D eigenvalue weighted by Gasteiger charge is -2.12. The molecule has 0 aliphatic carbocycles. The number of H-pyrrole nitrogens is 1. The van der Waals surface area contributed by atoms with Crippen LogP contribution in [0.5, 0.6) is 0 Å². The number of rotatable bonds is 4. The van der Waals surface area contributed by atoms with E-state index in [1.165, 1.54) is 11.3 Å². The molecular formula is C21H14ClN3O2S. The minimum absolute atomic E-state index is 0.151. The number of halogens is 1. The number of hydrogen-bond acceptors (Lipinski definition) is 4. The van der Waals surface area contributed by atoms with Crippen LogP contribution < -0.4 is 5.56 Å². The Kier molecular flexibility index (Phi) is 4.15. The summed E-state index contributed by atoms with van der Waals surface area (Å²) in [4.78, 5) is 22.0. The maximum atomic E-state index is 13.0. The maximum Gasteiger partial charge on any atom is 0.278 e. The molecule has 28 heavy (non-hydrogen) atoms. The molecule has 0 spiro atoms. The van der Waals surface area contributed by atoms with Crippen molar-refractivity contribution in [2.24, 2.45) is 0 Å². The molecule has 0 atom stereocenters.